The van der Waals surface area contributed by atoms with Crippen molar-refractivity contribution in [2.24, 2.45) is 5.92 Å². The van der Waals surface area contributed by atoms with Crippen LogP contribution in [0, 0.1) is 5.92 Å². The molecule has 146 valence electrons. The lowest BCUT2D eigenvalue weighted by Crippen LogP contribution is -2.41. The summed E-state index contributed by atoms with van der Waals surface area (Å²) in [6.45, 7) is 0. The van der Waals surface area contributed by atoms with Crippen LogP contribution in [0.4, 0.5) is 0 Å². The lowest BCUT2D eigenvalue weighted by molar-refractivity contribution is 0.0460. The number of carbonyl (C=O) groups excluding carboxylic acids is 1. The third kappa shape index (κ3) is 4.21. The van der Waals surface area contributed by atoms with Gasteiger partial charge in [-0.15, -0.1) is 0 Å². The van der Waals surface area contributed by atoms with Crippen molar-refractivity contribution >= 4 is 23.0 Å². The first kappa shape index (κ1) is 19.0. The molecule has 1 aromatic carbocycles. The number of rotatable bonds is 5. The molecule has 3 aromatic rings. The van der Waals surface area contributed by atoms with Crippen LogP contribution in [-0.4, -0.2) is 26.9 Å². The van der Waals surface area contributed by atoms with Gasteiger partial charge in [0.15, 0.2) is 0 Å². The van der Waals surface area contributed by atoms with Crippen molar-refractivity contribution in [3.8, 4) is 0 Å². The SMILES string of the molecule is O=C(NC(O)C1CCCCC1)c1cc(Cc2ccc(Cl)cc2)c2cccn2n1. The van der Waals surface area contributed by atoms with Gasteiger partial charge in [0.05, 0.1) is 5.52 Å². The van der Waals surface area contributed by atoms with E-state index in [1.165, 1.54) is 6.42 Å². The monoisotopic (exact) mass is 397 g/mol. The molecule has 1 amide bonds. The molecular formula is C22H24ClN3O2. The van der Waals surface area contributed by atoms with Crippen LogP contribution in [0.25, 0.3) is 5.52 Å². The smallest absolute Gasteiger partial charge is 0.273 e. The second kappa shape index (κ2) is 8.33. The molecule has 1 aliphatic rings. The Hall–Kier alpha value is -2.37. The van der Waals surface area contributed by atoms with Crippen LogP contribution in [0.15, 0.2) is 48.7 Å². The number of nitrogens with zero attached hydrogens (tertiary/aromatic N) is 2. The van der Waals surface area contributed by atoms with Crippen LogP contribution in [0.3, 0.4) is 0 Å². The molecule has 0 saturated heterocycles. The van der Waals surface area contributed by atoms with E-state index < -0.39 is 6.23 Å². The molecule has 1 fully saturated rings. The molecule has 1 aliphatic carbocycles. The van der Waals surface area contributed by atoms with E-state index in [0.29, 0.717) is 17.1 Å². The van der Waals surface area contributed by atoms with E-state index in [2.05, 4.69) is 10.4 Å². The molecule has 4 rings (SSSR count). The fourth-order valence-corrected chi connectivity index (χ4v) is 4.07. The lowest BCUT2D eigenvalue weighted by atomic mass is 9.88. The highest BCUT2D eigenvalue weighted by Crippen LogP contribution is 2.26. The largest absolute Gasteiger partial charge is 0.373 e. The molecule has 2 heterocycles. The van der Waals surface area contributed by atoms with Gasteiger partial charge in [-0.1, -0.05) is 43.0 Å². The van der Waals surface area contributed by atoms with Crippen molar-refractivity contribution in [2.45, 2.75) is 44.8 Å². The maximum Gasteiger partial charge on any atom is 0.273 e. The summed E-state index contributed by atoms with van der Waals surface area (Å²) < 4.78 is 1.72. The Morgan fingerprint density at radius 3 is 2.71 bits per heavy atom. The molecule has 0 spiro atoms. The molecule has 5 nitrogen and oxygen atoms in total. The number of hydrogen-bond acceptors (Lipinski definition) is 3. The average Bonchev–Trinajstić information content (AvgIpc) is 3.19. The van der Waals surface area contributed by atoms with Crippen LogP contribution < -0.4 is 5.32 Å². The minimum Gasteiger partial charge on any atom is -0.373 e. The van der Waals surface area contributed by atoms with E-state index in [-0.39, 0.29) is 11.8 Å². The zero-order valence-electron chi connectivity index (χ0n) is 15.6. The molecule has 28 heavy (non-hydrogen) atoms. The first-order valence-corrected chi connectivity index (χ1v) is 10.2. The van der Waals surface area contributed by atoms with Gasteiger partial charge in [0.25, 0.3) is 5.91 Å². The Morgan fingerprint density at radius 1 is 1.21 bits per heavy atom. The number of carbonyl (C=O) groups is 1. The van der Waals surface area contributed by atoms with E-state index in [1.807, 2.05) is 48.7 Å². The predicted octanol–water partition coefficient (Wildman–Crippen LogP) is 4.21. The Balaban J connectivity index is 1.56. The number of nitrogens with one attached hydrogen (secondary N) is 1. The zero-order chi connectivity index (χ0) is 19.5. The van der Waals surface area contributed by atoms with Gasteiger partial charge >= 0.3 is 0 Å². The second-order valence-electron chi connectivity index (χ2n) is 7.51. The molecule has 1 unspecified atom stereocenters. The summed E-state index contributed by atoms with van der Waals surface area (Å²) in [7, 11) is 0. The number of halogens is 1. The summed E-state index contributed by atoms with van der Waals surface area (Å²) >= 11 is 5.98. The van der Waals surface area contributed by atoms with Crippen molar-refractivity contribution < 1.29 is 9.90 Å². The van der Waals surface area contributed by atoms with Gasteiger partial charge in [-0.2, -0.15) is 5.10 Å². The molecule has 2 aromatic heterocycles. The fraction of sp³-hybridized carbons (Fsp3) is 0.364. The normalized spacial score (nSPS) is 16.2. The Bertz CT molecular complexity index is 962. The van der Waals surface area contributed by atoms with Gasteiger partial charge in [0, 0.05) is 17.1 Å². The van der Waals surface area contributed by atoms with Crippen LogP contribution in [0.5, 0.6) is 0 Å². The van der Waals surface area contributed by atoms with Gasteiger partial charge in [0.1, 0.15) is 11.9 Å². The van der Waals surface area contributed by atoms with E-state index in [1.54, 1.807) is 4.52 Å². The minimum atomic E-state index is -0.824. The fourth-order valence-electron chi connectivity index (χ4n) is 3.95. The number of aromatic nitrogens is 2. The standard InChI is InChI=1S/C22H24ClN3O2/c23-18-10-8-15(9-11-18)13-17-14-19(25-26-12-4-7-20(17)26)22(28)24-21(27)16-5-2-1-3-6-16/h4,7-12,14,16,21,27H,1-3,5-6,13H2,(H,24,28). The highest BCUT2D eigenvalue weighted by Gasteiger charge is 2.24. The average molecular weight is 398 g/mol. The van der Waals surface area contributed by atoms with E-state index in [9.17, 15) is 9.90 Å². The second-order valence-corrected chi connectivity index (χ2v) is 7.95. The molecule has 0 bridgehead atoms. The summed E-state index contributed by atoms with van der Waals surface area (Å²) in [6.07, 6.45) is 6.99. The molecule has 2 N–H and O–H groups in total. The summed E-state index contributed by atoms with van der Waals surface area (Å²) in [5, 5.41) is 18.3. The maximum atomic E-state index is 12.7. The minimum absolute atomic E-state index is 0.126. The third-order valence-corrected chi connectivity index (χ3v) is 5.75. The van der Waals surface area contributed by atoms with Gasteiger partial charge in [-0.25, -0.2) is 4.52 Å². The number of aliphatic hydroxyl groups excluding tert-OH is 1. The van der Waals surface area contributed by atoms with Gasteiger partial charge in [0.2, 0.25) is 0 Å². The van der Waals surface area contributed by atoms with Gasteiger partial charge in [-0.3, -0.25) is 4.79 Å². The van der Waals surface area contributed by atoms with E-state index in [0.717, 1.165) is 42.3 Å². The lowest BCUT2D eigenvalue weighted by Gasteiger charge is -2.26. The van der Waals surface area contributed by atoms with Crippen molar-refractivity contribution in [2.75, 3.05) is 0 Å². The predicted molar refractivity (Wildman–Crippen MR) is 109 cm³/mol. The van der Waals surface area contributed by atoms with Crippen molar-refractivity contribution in [1.29, 1.82) is 0 Å². The first-order valence-electron chi connectivity index (χ1n) is 9.81. The van der Waals surface area contributed by atoms with Crippen molar-refractivity contribution in [3.05, 3.63) is 70.5 Å². The van der Waals surface area contributed by atoms with E-state index in [4.69, 9.17) is 11.6 Å². The van der Waals surface area contributed by atoms with Crippen LogP contribution in [-0.2, 0) is 6.42 Å². The number of aliphatic hydroxyl groups is 1. The number of benzene rings is 1. The van der Waals surface area contributed by atoms with Crippen molar-refractivity contribution in [3.63, 3.8) is 0 Å². The molecular weight excluding hydrogens is 374 g/mol. The van der Waals surface area contributed by atoms with Crippen LogP contribution in [0.1, 0.15) is 53.7 Å². The topological polar surface area (TPSA) is 66.6 Å². The summed E-state index contributed by atoms with van der Waals surface area (Å²) in [6, 6.07) is 13.4. The zero-order valence-corrected chi connectivity index (χ0v) is 16.4. The quantitative estimate of drug-likeness (QED) is 0.634. The maximum absolute atomic E-state index is 12.7. The summed E-state index contributed by atoms with van der Waals surface area (Å²) in [5.74, 6) is -0.215. The highest BCUT2D eigenvalue weighted by molar-refractivity contribution is 6.30. The summed E-state index contributed by atoms with van der Waals surface area (Å²) in [5.41, 5.74) is 3.37. The Kier molecular flexibility index (Phi) is 5.64. The molecule has 1 saturated carbocycles. The highest BCUT2D eigenvalue weighted by atomic mass is 35.5. The molecule has 1 atom stereocenters. The summed E-state index contributed by atoms with van der Waals surface area (Å²) in [4.78, 5) is 12.7. The molecule has 0 aliphatic heterocycles. The van der Waals surface area contributed by atoms with Gasteiger partial charge in [-0.05, 0) is 60.7 Å². The number of hydrogen-bond donors (Lipinski definition) is 2. The third-order valence-electron chi connectivity index (χ3n) is 5.50. The first-order chi connectivity index (χ1) is 13.6. The van der Waals surface area contributed by atoms with Gasteiger partial charge < -0.3 is 10.4 Å². The number of amides is 1. The van der Waals surface area contributed by atoms with E-state index >= 15 is 0 Å². The number of fused-ring (bicyclic) bond motifs is 1. The molecule has 6 heteroatoms. The molecule has 0 radical (unpaired) electrons. The Morgan fingerprint density at radius 2 is 1.96 bits per heavy atom. The van der Waals surface area contributed by atoms with Crippen LogP contribution >= 0.6 is 11.6 Å². The Labute approximate surface area is 169 Å². The van der Waals surface area contributed by atoms with Crippen LogP contribution in [0.2, 0.25) is 5.02 Å². The van der Waals surface area contributed by atoms with Crippen molar-refractivity contribution in [1.82, 2.24) is 14.9 Å².